The van der Waals surface area contributed by atoms with Crippen molar-refractivity contribution in [2.24, 2.45) is 0 Å². The number of carbonyl (C=O) groups is 4. The van der Waals surface area contributed by atoms with Gasteiger partial charge in [0.15, 0.2) is 6.61 Å². The second-order valence-electron chi connectivity index (χ2n) is 8.16. The summed E-state index contributed by atoms with van der Waals surface area (Å²) in [5, 5.41) is 5.44. The van der Waals surface area contributed by atoms with Gasteiger partial charge >= 0.3 is 5.97 Å². The number of hydrogen-bond acceptors (Lipinski definition) is 5. The molecule has 2 N–H and O–H groups in total. The molecule has 0 bridgehead atoms. The van der Waals surface area contributed by atoms with E-state index in [9.17, 15) is 19.2 Å². The van der Waals surface area contributed by atoms with Gasteiger partial charge in [-0.3, -0.25) is 14.4 Å². The average Bonchev–Trinajstić information content (AvgIpc) is 3.28. The number of carbonyl (C=O) groups excluding carboxylic acids is 4. The zero-order valence-electron chi connectivity index (χ0n) is 19.2. The van der Waals surface area contributed by atoms with Crippen LogP contribution in [-0.4, -0.2) is 36.8 Å². The average molecular weight is 472 g/mol. The smallest absolute Gasteiger partial charge is 0.340 e. The van der Waals surface area contributed by atoms with Gasteiger partial charge in [0.1, 0.15) is 0 Å². The van der Waals surface area contributed by atoms with Crippen LogP contribution in [-0.2, 0) is 14.3 Å². The van der Waals surface area contributed by atoms with E-state index in [1.54, 1.807) is 65.6 Å². The Morgan fingerprint density at radius 2 is 1.66 bits per heavy atom. The molecule has 0 saturated carbocycles. The predicted octanol–water partition coefficient (Wildman–Crippen LogP) is 4.17. The van der Waals surface area contributed by atoms with Gasteiger partial charge in [-0.2, -0.15) is 0 Å². The molecule has 0 atom stereocenters. The van der Waals surface area contributed by atoms with Crippen molar-refractivity contribution < 1.29 is 23.9 Å². The highest BCUT2D eigenvalue weighted by Gasteiger charge is 2.24. The van der Waals surface area contributed by atoms with Gasteiger partial charge in [0.05, 0.1) is 22.6 Å². The zero-order valence-corrected chi connectivity index (χ0v) is 19.2. The lowest BCUT2D eigenvalue weighted by atomic mass is 10.1. The van der Waals surface area contributed by atoms with Crippen LogP contribution < -0.4 is 15.5 Å². The Balaban J connectivity index is 1.39. The number of anilines is 3. The highest BCUT2D eigenvalue weighted by Crippen LogP contribution is 2.29. The molecule has 0 unspecified atom stereocenters. The molecule has 178 valence electrons. The maximum Gasteiger partial charge on any atom is 0.340 e. The van der Waals surface area contributed by atoms with Crippen LogP contribution in [0, 0.1) is 6.92 Å². The van der Waals surface area contributed by atoms with Crippen LogP contribution in [0.2, 0.25) is 0 Å². The number of aryl methyl sites for hydroxylation is 1. The first-order valence-electron chi connectivity index (χ1n) is 11.3. The first-order chi connectivity index (χ1) is 16.9. The topological polar surface area (TPSA) is 105 Å². The van der Waals surface area contributed by atoms with Crippen LogP contribution in [0.5, 0.6) is 0 Å². The summed E-state index contributed by atoms with van der Waals surface area (Å²) in [6.07, 6.45) is 1.23. The Hall–Kier alpha value is -4.46. The van der Waals surface area contributed by atoms with Gasteiger partial charge in [-0.25, -0.2) is 4.79 Å². The predicted molar refractivity (Wildman–Crippen MR) is 133 cm³/mol. The zero-order chi connectivity index (χ0) is 24.8. The van der Waals surface area contributed by atoms with E-state index in [-0.39, 0.29) is 23.1 Å². The molecule has 0 aromatic heterocycles. The number of nitrogens with one attached hydrogen (secondary N) is 2. The van der Waals surface area contributed by atoms with Gasteiger partial charge in [0.2, 0.25) is 5.91 Å². The molecule has 3 amide bonds. The van der Waals surface area contributed by atoms with Crippen LogP contribution >= 0.6 is 0 Å². The lowest BCUT2D eigenvalue weighted by Crippen LogP contribution is -2.27. The van der Waals surface area contributed by atoms with Gasteiger partial charge in [-0.05, 0) is 49.7 Å². The van der Waals surface area contributed by atoms with Crippen molar-refractivity contribution in [2.75, 3.05) is 28.7 Å². The van der Waals surface area contributed by atoms with E-state index in [1.165, 1.54) is 6.07 Å². The van der Waals surface area contributed by atoms with Crippen LogP contribution in [0.25, 0.3) is 0 Å². The molecular weight excluding hydrogens is 446 g/mol. The van der Waals surface area contributed by atoms with Crippen molar-refractivity contribution in [1.82, 2.24) is 0 Å². The van der Waals surface area contributed by atoms with Gasteiger partial charge in [-0.15, -0.1) is 0 Å². The summed E-state index contributed by atoms with van der Waals surface area (Å²) in [6.45, 7) is 1.95. The minimum Gasteiger partial charge on any atom is -0.452 e. The van der Waals surface area contributed by atoms with Crippen LogP contribution in [0.4, 0.5) is 17.1 Å². The van der Waals surface area contributed by atoms with Crippen molar-refractivity contribution in [1.29, 1.82) is 0 Å². The Bertz CT molecular complexity index is 1290. The molecule has 1 heterocycles. The van der Waals surface area contributed by atoms with E-state index in [0.717, 1.165) is 12.0 Å². The Morgan fingerprint density at radius 3 is 2.40 bits per heavy atom. The number of para-hydroxylation sites is 3. The van der Waals surface area contributed by atoms with Gasteiger partial charge < -0.3 is 20.3 Å². The third-order valence-electron chi connectivity index (χ3n) is 5.55. The largest absolute Gasteiger partial charge is 0.452 e. The molecule has 1 fully saturated rings. The van der Waals surface area contributed by atoms with Crippen molar-refractivity contribution >= 4 is 40.8 Å². The quantitative estimate of drug-likeness (QED) is 0.503. The standard InChI is InChI=1S/C27H25N3O5/c1-18-8-6-9-19(16-18)26(33)29-21-11-3-2-10-20(21)27(34)35-17-24(31)28-22-12-4-5-13-23(22)30-15-7-14-25(30)32/h2-6,8-13,16H,7,14-15,17H2,1H3,(H,28,31)(H,29,33). The number of amides is 3. The van der Waals surface area contributed by atoms with Crippen LogP contribution in [0.3, 0.4) is 0 Å². The Morgan fingerprint density at radius 1 is 0.914 bits per heavy atom. The normalized spacial score (nSPS) is 12.8. The van der Waals surface area contributed by atoms with Crippen LogP contribution in [0.15, 0.2) is 72.8 Å². The summed E-state index contributed by atoms with van der Waals surface area (Å²) in [5.41, 5.74) is 2.88. The molecule has 35 heavy (non-hydrogen) atoms. The van der Waals surface area contributed by atoms with Crippen molar-refractivity contribution in [3.05, 3.63) is 89.5 Å². The summed E-state index contributed by atoms with van der Waals surface area (Å²) in [4.78, 5) is 51.6. The number of benzene rings is 3. The van der Waals surface area contributed by atoms with E-state index in [4.69, 9.17) is 4.74 Å². The summed E-state index contributed by atoms with van der Waals surface area (Å²) in [5.74, 6) is -1.65. The Kier molecular flexibility index (Phi) is 7.21. The molecular formula is C27H25N3O5. The molecule has 8 nitrogen and oxygen atoms in total. The summed E-state index contributed by atoms with van der Waals surface area (Å²) in [6, 6.07) is 20.5. The number of esters is 1. The van der Waals surface area contributed by atoms with Gasteiger partial charge in [0, 0.05) is 18.5 Å². The lowest BCUT2D eigenvalue weighted by molar-refractivity contribution is -0.119. The fraction of sp³-hybridized carbons (Fsp3) is 0.185. The molecule has 1 aliphatic rings. The number of ether oxygens (including phenoxy) is 1. The molecule has 0 spiro atoms. The van der Waals surface area contributed by atoms with E-state index < -0.39 is 18.5 Å². The van der Waals surface area contributed by atoms with Gasteiger partial charge in [-0.1, -0.05) is 42.0 Å². The number of hydrogen-bond donors (Lipinski definition) is 2. The monoisotopic (exact) mass is 471 g/mol. The second-order valence-corrected chi connectivity index (χ2v) is 8.16. The minimum absolute atomic E-state index is 0.00226. The SMILES string of the molecule is Cc1cccc(C(=O)Nc2ccccc2C(=O)OCC(=O)Nc2ccccc2N2CCCC2=O)c1. The Labute approximate surface area is 202 Å². The molecule has 4 rings (SSSR count). The highest BCUT2D eigenvalue weighted by atomic mass is 16.5. The van der Waals surface area contributed by atoms with Crippen molar-refractivity contribution in [3.63, 3.8) is 0 Å². The van der Waals surface area contributed by atoms with E-state index in [1.807, 2.05) is 13.0 Å². The first-order valence-corrected chi connectivity index (χ1v) is 11.3. The van der Waals surface area contributed by atoms with E-state index in [2.05, 4.69) is 10.6 Å². The fourth-order valence-corrected chi connectivity index (χ4v) is 3.86. The third-order valence-corrected chi connectivity index (χ3v) is 5.55. The summed E-state index contributed by atoms with van der Waals surface area (Å²) < 4.78 is 5.21. The summed E-state index contributed by atoms with van der Waals surface area (Å²) >= 11 is 0. The fourth-order valence-electron chi connectivity index (χ4n) is 3.86. The number of nitrogens with zero attached hydrogens (tertiary/aromatic N) is 1. The van der Waals surface area contributed by atoms with Gasteiger partial charge in [0.25, 0.3) is 11.8 Å². The molecule has 8 heteroatoms. The molecule has 1 aliphatic heterocycles. The highest BCUT2D eigenvalue weighted by molar-refractivity contribution is 6.08. The van der Waals surface area contributed by atoms with E-state index >= 15 is 0 Å². The van der Waals surface area contributed by atoms with E-state index in [0.29, 0.717) is 29.9 Å². The maximum atomic E-state index is 12.7. The van der Waals surface area contributed by atoms with Crippen molar-refractivity contribution in [3.8, 4) is 0 Å². The molecule has 1 saturated heterocycles. The maximum absolute atomic E-state index is 12.7. The third kappa shape index (κ3) is 5.73. The minimum atomic E-state index is -0.747. The molecule has 0 radical (unpaired) electrons. The van der Waals surface area contributed by atoms with Crippen LogP contribution in [0.1, 0.15) is 39.1 Å². The molecule has 3 aromatic rings. The second kappa shape index (κ2) is 10.6. The lowest BCUT2D eigenvalue weighted by Gasteiger charge is -2.20. The number of rotatable bonds is 7. The summed E-state index contributed by atoms with van der Waals surface area (Å²) in [7, 11) is 0. The molecule has 0 aliphatic carbocycles. The molecule has 3 aromatic carbocycles. The first kappa shape index (κ1) is 23.7. The van der Waals surface area contributed by atoms with Crippen molar-refractivity contribution in [2.45, 2.75) is 19.8 Å².